The highest BCUT2D eigenvalue weighted by atomic mass is 35.5. The normalized spacial score (nSPS) is 18.4. The van der Waals surface area contributed by atoms with E-state index in [1.165, 1.54) is 27.8 Å². The third-order valence-electron chi connectivity index (χ3n) is 5.27. The molecule has 1 aliphatic carbocycles. The van der Waals surface area contributed by atoms with Gasteiger partial charge in [0, 0.05) is 16.8 Å². The maximum absolute atomic E-state index is 9.94. The van der Waals surface area contributed by atoms with E-state index in [-0.39, 0.29) is 0 Å². The van der Waals surface area contributed by atoms with E-state index < -0.39 is 6.10 Å². The van der Waals surface area contributed by atoms with Crippen molar-refractivity contribution in [3.63, 3.8) is 0 Å². The molecule has 1 aliphatic heterocycles. The van der Waals surface area contributed by atoms with Crippen LogP contribution < -0.4 is 5.32 Å². The monoisotopic (exact) mass is 354 g/mol. The number of piperidine rings is 1. The number of benzene rings is 1. The highest BCUT2D eigenvalue weighted by Gasteiger charge is 2.24. The zero-order valence-electron chi connectivity index (χ0n) is 14.5. The zero-order valence-corrected chi connectivity index (χ0v) is 15.2. The number of fused-ring (bicyclic) bond motifs is 2. The number of halogens is 1. The third kappa shape index (κ3) is 3.24. The van der Waals surface area contributed by atoms with Crippen LogP contribution in [0.25, 0.3) is 5.57 Å². The maximum Gasteiger partial charge on any atom is 0.0776 e. The van der Waals surface area contributed by atoms with Gasteiger partial charge >= 0.3 is 0 Å². The number of nitrogens with zero attached hydrogens (tertiary/aromatic N) is 1. The Bertz CT molecular complexity index is 834. The maximum atomic E-state index is 9.94. The number of aromatic nitrogens is 1. The van der Waals surface area contributed by atoms with Crippen LogP contribution in [-0.4, -0.2) is 23.2 Å². The molecule has 0 radical (unpaired) electrons. The number of aliphatic hydroxyl groups excluding tert-OH is 1. The highest BCUT2D eigenvalue weighted by molar-refractivity contribution is 6.30. The van der Waals surface area contributed by atoms with Crippen molar-refractivity contribution in [2.24, 2.45) is 0 Å². The number of hydrogen-bond acceptors (Lipinski definition) is 3. The summed E-state index contributed by atoms with van der Waals surface area (Å²) in [5.74, 6) is 0. The third-order valence-corrected chi connectivity index (χ3v) is 5.50. The lowest BCUT2D eigenvalue weighted by Gasteiger charge is -2.22. The fraction of sp³-hybridized carbons (Fsp3) is 0.381. The van der Waals surface area contributed by atoms with Crippen molar-refractivity contribution in [3.8, 4) is 0 Å². The molecule has 25 heavy (non-hydrogen) atoms. The number of hydrogen-bond donors (Lipinski definition) is 2. The van der Waals surface area contributed by atoms with Crippen molar-refractivity contribution in [2.45, 2.75) is 38.7 Å². The number of rotatable bonds is 1. The molecule has 2 aliphatic rings. The molecule has 4 rings (SSSR count). The van der Waals surface area contributed by atoms with Gasteiger partial charge in [0.1, 0.15) is 0 Å². The number of aryl methyl sites for hydroxylation is 2. The first-order chi connectivity index (χ1) is 12.1. The van der Waals surface area contributed by atoms with E-state index in [0.29, 0.717) is 0 Å². The Balaban J connectivity index is 1.94. The molecule has 0 amide bonds. The van der Waals surface area contributed by atoms with Crippen molar-refractivity contribution >= 4 is 17.2 Å². The van der Waals surface area contributed by atoms with Gasteiger partial charge in [-0.05, 0) is 86.1 Å². The predicted molar refractivity (Wildman–Crippen MR) is 102 cm³/mol. The lowest BCUT2D eigenvalue weighted by atomic mass is 9.89. The quantitative estimate of drug-likeness (QED) is 0.811. The summed E-state index contributed by atoms with van der Waals surface area (Å²) in [6.45, 7) is 3.83. The molecule has 1 aromatic heterocycles. The first-order valence-electron chi connectivity index (χ1n) is 9.02. The Morgan fingerprint density at radius 3 is 2.60 bits per heavy atom. The molecule has 0 bridgehead atoms. The standard InChI is InChI=1S/C21H23ClN2O/c1-13(25)17-10-16-3-2-15-11-18(22)4-5-19(15)20(21(16)24-12-17)14-6-8-23-9-7-14/h4-5,10-13,23,25H,2-3,6-9H2,1H3. The summed E-state index contributed by atoms with van der Waals surface area (Å²) in [6, 6.07) is 8.36. The van der Waals surface area contributed by atoms with Crippen LogP contribution in [0.2, 0.25) is 5.02 Å². The molecule has 1 unspecified atom stereocenters. The van der Waals surface area contributed by atoms with Crippen LogP contribution in [0.5, 0.6) is 0 Å². The van der Waals surface area contributed by atoms with Crippen LogP contribution in [0.3, 0.4) is 0 Å². The van der Waals surface area contributed by atoms with E-state index in [4.69, 9.17) is 16.6 Å². The second kappa shape index (κ2) is 6.91. The first kappa shape index (κ1) is 16.8. The zero-order chi connectivity index (χ0) is 17.4. The van der Waals surface area contributed by atoms with E-state index in [9.17, 15) is 5.11 Å². The molecule has 0 spiro atoms. The molecule has 1 atom stereocenters. The van der Waals surface area contributed by atoms with Gasteiger partial charge in [0.15, 0.2) is 0 Å². The minimum atomic E-state index is -0.493. The molecule has 4 heteroatoms. The van der Waals surface area contributed by atoms with E-state index in [0.717, 1.165) is 55.1 Å². The Morgan fingerprint density at radius 2 is 1.84 bits per heavy atom. The molecule has 2 aromatic rings. The molecule has 130 valence electrons. The van der Waals surface area contributed by atoms with E-state index in [2.05, 4.69) is 23.5 Å². The molecule has 0 saturated carbocycles. The summed E-state index contributed by atoms with van der Waals surface area (Å²) in [6.07, 6.45) is 5.31. The van der Waals surface area contributed by atoms with Gasteiger partial charge in [0.05, 0.1) is 11.8 Å². The van der Waals surface area contributed by atoms with Gasteiger partial charge in [0.25, 0.3) is 0 Å². The van der Waals surface area contributed by atoms with E-state index >= 15 is 0 Å². The SMILES string of the molecule is CC(O)c1cnc2c(c1)CCc1cc(Cl)ccc1C2=C1CCNCC1. The van der Waals surface area contributed by atoms with E-state index in [1.807, 2.05) is 12.3 Å². The Hall–Kier alpha value is -1.68. The van der Waals surface area contributed by atoms with Crippen LogP contribution in [0.1, 0.15) is 53.8 Å². The minimum Gasteiger partial charge on any atom is -0.389 e. The average molecular weight is 355 g/mol. The van der Waals surface area contributed by atoms with E-state index in [1.54, 1.807) is 6.92 Å². The molecule has 3 nitrogen and oxygen atoms in total. The lowest BCUT2D eigenvalue weighted by molar-refractivity contribution is 0.198. The second-order valence-electron chi connectivity index (χ2n) is 6.98. The van der Waals surface area contributed by atoms with Gasteiger partial charge in [-0.3, -0.25) is 4.98 Å². The summed E-state index contributed by atoms with van der Waals surface area (Å²) < 4.78 is 0. The number of pyridine rings is 1. The summed E-state index contributed by atoms with van der Waals surface area (Å²) in [4.78, 5) is 4.81. The van der Waals surface area contributed by atoms with Gasteiger partial charge in [-0.15, -0.1) is 0 Å². The lowest BCUT2D eigenvalue weighted by Crippen LogP contribution is -2.24. The summed E-state index contributed by atoms with van der Waals surface area (Å²) >= 11 is 6.27. The number of aliphatic hydroxyl groups is 1. The Kier molecular flexibility index (Phi) is 4.63. The Labute approximate surface area is 153 Å². The van der Waals surface area contributed by atoms with Gasteiger partial charge in [-0.25, -0.2) is 0 Å². The summed E-state index contributed by atoms with van der Waals surface area (Å²) in [5, 5.41) is 14.2. The largest absolute Gasteiger partial charge is 0.389 e. The van der Waals surface area contributed by atoms with Crippen molar-refractivity contribution in [2.75, 3.05) is 13.1 Å². The van der Waals surface area contributed by atoms with Crippen LogP contribution in [-0.2, 0) is 12.8 Å². The topological polar surface area (TPSA) is 45.2 Å². The van der Waals surface area contributed by atoms with Crippen LogP contribution in [0, 0.1) is 0 Å². The van der Waals surface area contributed by atoms with Crippen LogP contribution in [0.15, 0.2) is 36.0 Å². The van der Waals surface area contributed by atoms with Crippen molar-refractivity contribution in [1.82, 2.24) is 10.3 Å². The Morgan fingerprint density at radius 1 is 1.08 bits per heavy atom. The van der Waals surface area contributed by atoms with Crippen LogP contribution >= 0.6 is 11.6 Å². The number of nitrogens with one attached hydrogen (secondary N) is 1. The first-order valence-corrected chi connectivity index (χ1v) is 9.40. The summed E-state index contributed by atoms with van der Waals surface area (Å²) in [7, 11) is 0. The fourth-order valence-corrected chi connectivity index (χ4v) is 4.11. The molecule has 1 saturated heterocycles. The van der Waals surface area contributed by atoms with Crippen molar-refractivity contribution < 1.29 is 5.11 Å². The summed E-state index contributed by atoms with van der Waals surface area (Å²) in [5.41, 5.74) is 8.54. The average Bonchev–Trinajstić information content (AvgIpc) is 2.78. The minimum absolute atomic E-state index is 0.493. The molecule has 1 aromatic carbocycles. The smallest absolute Gasteiger partial charge is 0.0776 e. The molecule has 2 heterocycles. The van der Waals surface area contributed by atoms with Crippen LogP contribution in [0.4, 0.5) is 0 Å². The van der Waals surface area contributed by atoms with Gasteiger partial charge in [-0.2, -0.15) is 0 Å². The molecular formula is C21H23ClN2O. The highest BCUT2D eigenvalue weighted by Crippen LogP contribution is 2.38. The fourth-order valence-electron chi connectivity index (χ4n) is 3.92. The molecule has 1 fully saturated rings. The van der Waals surface area contributed by atoms with Crippen molar-refractivity contribution in [1.29, 1.82) is 0 Å². The van der Waals surface area contributed by atoms with Gasteiger partial charge < -0.3 is 10.4 Å². The van der Waals surface area contributed by atoms with Gasteiger partial charge in [0.2, 0.25) is 0 Å². The predicted octanol–water partition coefficient (Wildman–Crippen LogP) is 4.07. The molecular weight excluding hydrogens is 332 g/mol. The molecule has 2 N–H and O–H groups in total. The van der Waals surface area contributed by atoms with Crippen molar-refractivity contribution in [3.05, 3.63) is 69.0 Å². The second-order valence-corrected chi connectivity index (χ2v) is 7.42. The van der Waals surface area contributed by atoms with Gasteiger partial charge in [-0.1, -0.05) is 23.2 Å².